The van der Waals surface area contributed by atoms with Crippen LogP contribution in [0.5, 0.6) is 11.5 Å². The van der Waals surface area contributed by atoms with E-state index < -0.39 is 11.1 Å². The average molecular weight is 565 g/mol. The highest BCUT2D eigenvalue weighted by molar-refractivity contribution is 8.18. The van der Waals surface area contributed by atoms with Gasteiger partial charge in [0.25, 0.3) is 11.1 Å². The van der Waals surface area contributed by atoms with Crippen LogP contribution in [0.3, 0.4) is 0 Å². The van der Waals surface area contributed by atoms with Gasteiger partial charge in [0.15, 0.2) is 11.5 Å². The summed E-state index contributed by atoms with van der Waals surface area (Å²) in [6.45, 7) is 1.38. The molecule has 202 valence electrons. The summed E-state index contributed by atoms with van der Waals surface area (Å²) in [5.41, 5.74) is 1.57. The maximum absolute atomic E-state index is 13.0. The number of fused-ring (bicyclic) bond motifs is 1. The van der Waals surface area contributed by atoms with Crippen LogP contribution in [0.2, 0.25) is 5.02 Å². The van der Waals surface area contributed by atoms with E-state index in [1.807, 2.05) is 30.3 Å². The smallest absolute Gasteiger partial charge is 0.294 e. The Morgan fingerprint density at radius 3 is 2.49 bits per heavy atom. The largest absolute Gasteiger partial charge is 0.493 e. The molecule has 0 aromatic heterocycles. The summed E-state index contributed by atoms with van der Waals surface area (Å²) in [7, 11) is 1.51. The van der Waals surface area contributed by atoms with Crippen molar-refractivity contribution in [1.29, 1.82) is 0 Å². The molecule has 7 nitrogen and oxygen atoms in total. The molecular weight excluding hydrogens is 536 g/mol. The first-order chi connectivity index (χ1) is 18.9. The van der Waals surface area contributed by atoms with Gasteiger partial charge in [-0.25, -0.2) is 0 Å². The van der Waals surface area contributed by atoms with Crippen molar-refractivity contribution in [3.05, 3.63) is 75.7 Å². The third kappa shape index (κ3) is 6.23. The number of halogens is 1. The fourth-order valence-electron chi connectivity index (χ4n) is 4.79. The summed E-state index contributed by atoms with van der Waals surface area (Å²) in [5.74, 6) is 0.115. The number of ether oxygens (including phenoxy) is 2. The van der Waals surface area contributed by atoms with Crippen molar-refractivity contribution >= 4 is 57.3 Å². The molecule has 0 N–H and O–H groups in total. The Kier molecular flexibility index (Phi) is 8.43. The lowest BCUT2D eigenvalue weighted by molar-refractivity contribution is -0.135. The number of hydrogen-bond acceptors (Lipinski definition) is 6. The van der Waals surface area contributed by atoms with Crippen LogP contribution in [0.1, 0.15) is 36.8 Å². The Labute approximate surface area is 236 Å². The van der Waals surface area contributed by atoms with Crippen LogP contribution in [0.25, 0.3) is 16.8 Å². The first kappa shape index (κ1) is 27.1. The molecule has 2 heterocycles. The second-order valence-electron chi connectivity index (χ2n) is 9.57. The molecule has 2 saturated heterocycles. The molecule has 0 spiro atoms. The van der Waals surface area contributed by atoms with Crippen LogP contribution in [0.15, 0.2) is 59.5 Å². The minimum absolute atomic E-state index is 0.196. The van der Waals surface area contributed by atoms with Gasteiger partial charge in [-0.3, -0.25) is 19.3 Å². The number of rotatable bonds is 7. The highest BCUT2D eigenvalue weighted by Crippen LogP contribution is 2.39. The second kappa shape index (κ2) is 12.1. The second-order valence-corrected chi connectivity index (χ2v) is 11.0. The average Bonchev–Trinajstić information content (AvgIpc) is 3.12. The fourth-order valence-corrected chi connectivity index (χ4v) is 5.90. The molecule has 2 aliphatic rings. The first-order valence-electron chi connectivity index (χ1n) is 12.9. The Morgan fingerprint density at radius 2 is 1.74 bits per heavy atom. The predicted molar refractivity (Wildman–Crippen MR) is 154 cm³/mol. The fraction of sp³-hybridized carbons (Fsp3) is 0.300. The molecule has 3 amide bonds. The minimum Gasteiger partial charge on any atom is -0.493 e. The van der Waals surface area contributed by atoms with E-state index in [0.29, 0.717) is 41.8 Å². The molecule has 9 heteroatoms. The van der Waals surface area contributed by atoms with Gasteiger partial charge >= 0.3 is 0 Å². The molecule has 0 bridgehead atoms. The van der Waals surface area contributed by atoms with E-state index in [9.17, 15) is 14.4 Å². The number of methoxy groups -OCH3 is 1. The predicted octanol–water partition coefficient (Wildman–Crippen LogP) is 6.52. The Bertz CT molecular complexity index is 1450. The number of likely N-dealkylation sites (tertiary alicyclic amines) is 1. The molecule has 2 aliphatic heterocycles. The zero-order valence-electron chi connectivity index (χ0n) is 21.7. The molecule has 0 unspecified atom stereocenters. The summed E-state index contributed by atoms with van der Waals surface area (Å²) in [6, 6.07) is 17.6. The molecule has 5 rings (SSSR count). The third-order valence-corrected chi connectivity index (χ3v) is 8.06. The van der Waals surface area contributed by atoms with Crippen LogP contribution in [0.4, 0.5) is 4.79 Å². The Morgan fingerprint density at radius 1 is 1.00 bits per heavy atom. The molecule has 39 heavy (non-hydrogen) atoms. The normalized spacial score (nSPS) is 17.1. The van der Waals surface area contributed by atoms with Crippen LogP contribution >= 0.6 is 23.4 Å². The maximum atomic E-state index is 13.0. The number of thioether (sulfide) groups is 1. The van der Waals surface area contributed by atoms with Gasteiger partial charge in [-0.15, -0.1) is 0 Å². The molecule has 3 aromatic rings. The molecule has 0 saturated carbocycles. The van der Waals surface area contributed by atoms with E-state index in [2.05, 4.69) is 12.1 Å². The zero-order valence-corrected chi connectivity index (χ0v) is 23.2. The van der Waals surface area contributed by atoms with Crippen molar-refractivity contribution in [2.75, 3.05) is 26.7 Å². The number of carbonyl (C=O) groups is 3. The van der Waals surface area contributed by atoms with Gasteiger partial charge in [0.05, 0.1) is 17.0 Å². The molecule has 0 atom stereocenters. The quantitative estimate of drug-likeness (QED) is 0.304. The summed E-state index contributed by atoms with van der Waals surface area (Å²) >= 11 is 7.38. The maximum Gasteiger partial charge on any atom is 0.294 e. The van der Waals surface area contributed by atoms with Crippen molar-refractivity contribution in [2.24, 2.45) is 0 Å². The van der Waals surface area contributed by atoms with Gasteiger partial charge < -0.3 is 14.4 Å². The highest BCUT2D eigenvalue weighted by Gasteiger charge is 2.37. The molecule has 0 radical (unpaired) electrons. The lowest BCUT2D eigenvalue weighted by Crippen LogP contribution is -2.42. The standard InChI is InChI=1S/C30H29ClN2O5S/c1-37-25-16-21(15-24(31)28(25)38-19-20-10-11-22-8-4-5-9-23(22)14-20)17-26-29(35)33(30(36)39-26)18-27(34)32-12-6-2-3-7-13-32/h4-5,8-11,14-17H,2-3,6-7,12-13,18-19H2,1H3. The number of amides is 3. The van der Waals surface area contributed by atoms with Gasteiger partial charge in [0, 0.05) is 13.1 Å². The molecule has 0 aliphatic carbocycles. The van der Waals surface area contributed by atoms with Gasteiger partial charge in [0.1, 0.15) is 13.2 Å². The summed E-state index contributed by atoms with van der Waals surface area (Å²) in [5, 5.41) is 2.13. The minimum atomic E-state index is -0.486. The molecular formula is C30H29ClN2O5S. The van der Waals surface area contributed by atoms with E-state index in [-0.39, 0.29) is 17.4 Å². The van der Waals surface area contributed by atoms with Crippen molar-refractivity contribution in [1.82, 2.24) is 9.80 Å². The Balaban J connectivity index is 1.29. The van der Waals surface area contributed by atoms with E-state index in [4.69, 9.17) is 21.1 Å². The zero-order chi connectivity index (χ0) is 27.4. The highest BCUT2D eigenvalue weighted by atomic mass is 35.5. The third-order valence-electron chi connectivity index (χ3n) is 6.87. The van der Waals surface area contributed by atoms with Gasteiger partial charge in [-0.2, -0.15) is 0 Å². The van der Waals surface area contributed by atoms with Crippen LogP contribution in [-0.2, 0) is 16.2 Å². The Hall–Kier alpha value is -3.49. The number of imide groups is 1. The van der Waals surface area contributed by atoms with E-state index in [0.717, 1.165) is 58.7 Å². The van der Waals surface area contributed by atoms with E-state index >= 15 is 0 Å². The van der Waals surface area contributed by atoms with Crippen molar-refractivity contribution < 1.29 is 23.9 Å². The van der Waals surface area contributed by atoms with Crippen molar-refractivity contribution in [3.63, 3.8) is 0 Å². The topological polar surface area (TPSA) is 76.2 Å². The van der Waals surface area contributed by atoms with Gasteiger partial charge in [-0.05, 0) is 70.8 Å². The first-order valence-corrected chi connectivity index (χ1v) is 14.1. The van der Waals surface area contributed by atoms with Gasteiger partial charge in [-0.1, -0.05) is 60.8 Å². The van der Waals surface area contributed by atoms with Crippen LogP contribution < -0.4 is 9.47 Å². The SMILES string of the molecule is COc1cc(C=C2SC(=O)N(CC(=O)N3CCCCCC3)C2=O)cc(Cl)c1OCc1ccc2ccccc2c1. The number of benzene rings is 3. The number of carbonyl (C=O) groups excluding carboxylic acids is 3. The van der Waals surface area contributed by atoms with Crippen molar-refractivity contribution in [2.45, 2.75) is 32.3 Å². The van der Waals surface area contributed by atoms with Crippen molar-refractivity contribution in [3.8, 4) is 11.5 Å². The number of nitrogens with zero attached hydrogens (tertiary/aromatic N) is 2. The van der Waals surface area contributed by atoms with Crippen LogP contribution in [-0.4, -0.2) is 53.6 Å². The lowest BCUT2D eigenvalue weighted by atomic mass is 10.1. The summed E-state index contributed by atoms with van der Waals surface area (Å²) < 4.78 is 11.6. The van der Waals surface area contributed by atoms with E-state index in [1.54, 1.807) is 23.1 Å². The monoisotopic (exact) mass is 564 g/mol. The van der Waals surface area contributed by atoms with Gasteiger partial charge in [0.2, 0.25) is 5.91 Å². The molecule has 2 fully saturated rings. The van der Waals surface area contributed by atoms with Crippen LogP contribution in [0, 0.1) is 0 Å². The van der Waals surface area contributed by atoms with E-state index in [1.165, 1.54) is 7.11 Å². The summed E-state index contributed by atoms with van der Waals surface area (Å²) in [4.78, 5) is 41.4. The lowest BCUT2D eigenvalue weighted by Gasteiger charge is -2.22. The summed E-state index contributed by atoms with van der Waals surface area (Å²) in [6.07, 6.45) is 5.65. The molecule has 3 aromatic carbocycles. The number of hydrogen-bond donors (Lipinski definition) is 0.